The van der Waals surface area contributed by atoms with Crippen LogP contribution in [0, 0.1) is 6.92 Å². The molecule has 0 bridgehead atoms. The number of ether oxygens (including phenoxy) is 2. The maximum atomic E-state index is 12.5. The van der Waals surface area contributed by atoms with Gasteiger partial charge in [0.25, 0.3) is 5.91 Å². The number of carbonyl (C=O) groups is 1. The fourth-order valence-corrected chi connectivity index (χ4v) is 2.72. The van der Waals surface area contributed by atoms with E-state index in [2.05, 4.69) is 32.7 Å². The Hall–Kier alpha value is -3.61. The molecule has 2 aromatic carbocycles. The third-order valence-electron chi connectivity index (χ3n) is 4.36. The minimum Gasteiger partial charge on any atom is -0.493 e. The minimum atomic E-state index is -0.277. The maximum Gasteiger partial charge on any atom is 0.270 e. The average Bonchev–Trinajstić information content (AvgIpc) is 2.77. The van der Waals surface area contributed by atoms with E-state index in [1.54, 1.807) is 32.5 Å². The summed E-state index contributed by atoms with van der Waals surface area (Å²) >= 11 is 0. The van der Waals surface area contributed by atoms with Crippen molar-refractivity contribution in [2.45, 2.75) is 20.0 Å². The van der Waals surface area contributed by atoms with Crippen molar-refractivity contribution in [2.75, 3.05) is 19.5 Å². The summed E-state index contributed by atoms with van der Waals surface area (Å²) in [4.78, 5) is 21.0. The number of amides is 1. The Morgan fingerprint density at radius 3 is 2.38 bits per heavy atom. The number of rotatable bonds is 8. The van der Waals surface area contributed by atoms with Crippen LogP contribution < -0.4 is 20.1 Å². The molecule has 1 aromatic heterocycles. The molecule has 2 N–H and O–H groups in total. The molecule has 0 radical (unpaired) electrons. The van der Waals surface area contributed by atoms with Crippen LogP contribution in [0.15, 0.2) is 54.7 Å². The summed E-state index contributed by atoms with van der Waals surface area (Å²) in [5, 5.41) is 6.00. The zero-order chi connectivity index (χ0) is 20.6. The van der Waals surface area contributed by atoms with Crippen LogP contribution in [0.3, 0.4) is 0 Å². The Bertz CT molecular complexity index is 974. The van der Waals surface area contributed by atoms with Gasteiger partial charge in [0.2, 0.25) is 5.95 Å². The highest BCUT2D eigenvalue weighted by Crippen LogP contribution is 2.27. The number of methoxy groups -OCH3 is 2. The van der Waals surface area contributed by atoms with E-state index >= 15 is 0 Å². The first-order chi connectivity index (χ1) is 14.1. The van der Waals surface area contributed by atoms with Crippen LogP contribution >= 0.6 is 0 Å². The molecule has 0 atom stereocenters. The van der Waals surface area contributed by atoms with Crippen LogP contribution in [0.2, 0.25) is 0 Å². The molecule has 3 rings (SSSR count). The Balaban J connectivity index is 1.59. The van der Waals surface area contributed by atoms with E-state index in [0.717, 1.165) is 11.1 Å². The van der Waals surface area contributed by atoms with E-state index in [9.17, 15) is 4.79 Å². The molecule has 0 unspecified atom stereocenters. The monoisotopic (exact) mass is 392 g/mol. The number of anilines is 1. The zero-order valence-electron chi connectivity index (χ0n) is 16.7. The smallest absolute Gasteiger partial charge is 0.270 e. The normalized spacial score (nSPS) is 10.3. The second-order valence-electron chi connectivity index (χ2n) is 6.48. The van der Waals surface area contributed by atoms with Gasteiger partial charge in [-0.15, -0.1) is 0 Å². The summed E-state index contributed by atoms with van der Waals surface area (Å²) in [7, 11) is 3.16. The first-order valence-electron chi connectivity index (χ1n) is 9.20. The van der Waals surface area contributed by atoms with Crippen LogP contribution in [0.5, 0.6) is 11.5 Å². The molecule has 0 fully saturated rings. The Kier molecular flexibility index (Phi) is 6.63. The average molecular weight is 392 g/mol. The molecule has 0 aliphatic heterocycles. The predicted octanol–water partition coefficient (Wildman–Crippen LogP) is 3.34. The van der Waals surface area contributed by atoms with Crippen LogP contribution in [-0.2, 0) is 13.1 Å². The molecule has 150 valence electrons. The Labute approximate surface area is 170 Å². The van der Waals surface area contributed by atoms with Gasteiger partial charge in [0.1, 0.15) is 5.69 Å². The van der Waals surface area contributed by atoms with Gasteiger partial charge in [-0.25, -0.2) is 9.97 Å². The number of nitrogens with one attached hydrogen (secondary N) is 2. The van der Waals surface area contributed by atoms with Crippen LogP contribution in [0.25, 0.3) is 0 Å². The number of hydrogen-bond acceptors (Lipinski definition) is 6. The van der Waals surface area contributed by atoms with E-state index in [-0.39, 0.29) is 5.91 Å². The lowest BCUT2D eigenvalue weighted by molar-refractivity contribution is 0.0946. The predicted molar refractivity (Wildman–Crippen MR) is 111 cm³/mol. The molecular formula is C22H24N4O3. The summed E-state index contributed by atoms with van der Waals surface area (Å²) in [5.74, 6) is 1.39. The first-order valence-corrected chi connectivity index (χ1v) is 9.20. The molecule has 0 aliphatic carbocycles. The molecule has 3 aromatic rings. The molecule has 29 heavy (non-hydrogen) atoms. The fraction of sp³-hybridized carbons (Fsp3) is 0.227. The summed E-state index contributed by atoms with van der Waals surface area (Å²) < 4.78 is 10.5. The highest BCUT2D eigenvalue weighted by molar-refractivity contribution is 5.92. The highest BCUT2D eigenvalue weighted by atomic mass is 16.5. The zero-order valence-corrected chi connectivity index (χ0v) is 16.7. The van der Waals surface area contributed by atoms with Gasteiger partial charge >= 0.3 is 0 Å². The number of benzene rings is 2. The lowest BCUT2D eigenvalue weighted by Gasteiger charge is -2.10. The molecule has 0 aliphatic rings. The molecular weight excluding hydrogens is 368 g/mol. The molecule has 1 heterocycles. The van der Waals surface area contributed by atoms with Gasteiger partial charge in [-0.3, -0.25) is 4.79 Å². The summed E-state index contributed by atoms with van der Waals surface area (Å²) in [6.45, 7) is 2.97. The number of nitrogens with zero attached hydrogens (tertiary/aromatic N) is 2. The van der Waals surface area contributed by atoms with Gasteiger partial charge in [-0.05, 0) is 36.2 Å². The van der Waals surface area contributed by atoms with Gasteiger partial charge < -0.3 is 20.1 Å². The Morgan fingerprint density at radius 2 is 1.66 bits per heavy atom. The third kappa shape index (κ3) is 5.44. The van der Waals surface area contributed by atoms with Gasteiger partial charge in [0.05, 0.1) is 14.2 Å². The van der Waals surface area contributed by atoms with Crippen molar-refractivity contribution < 1.29 is 14.3 Å². The molecule has 7 nitrogen and oxygen atoms in total. The van der Waals surface area contributed by atoms with Crippen molar-refractivity contribution in [1.29, 1.82) is 0 Å². The number of aryl methyl sites for hydroxylation is 1. The first kappa shape index (κ1) is 20.1. The van der Waals surface area contributed by atoms with Gasteiger partial charge in [0, 0.05) is 19.3 Å². The molecule has 0 saturated heterocycles. The topological polar surface area (TPSA) is 85.4 Å². The van der Waals surface area contributed by atoms with Crippen molar-refractivity contribution in [2.24, 2.45) is 0 Å². The number of hydrogen-bond donors (Lipinski definition) is 2. The van der Waals surface area contributed by atoms with Crippen LogP contribution in [0.4, 0.5) is 5.95 Å². The van der Waals surface area contributed by atoms with Crippen molar-refractivity contribution >= 4 is 11.9 Å². The molecule has 0 spiro atoms. The van der Waals surface area contributed by atoms with E-state index < -0.39 is 0 Å². The second-order valence-corrected chi connectivity index (χ2v) is 6.48. The molecule has 1 amide bonds. The lowest BCUT2D eigenvalue weighted by atomic mass is 10.1. The SMILES string of the molecule is COc1ccc(CNC(=O)c2ccnc(NCc3ccc(C)cc3)n2)cc1OC. The Morgan fingerprint density at radius 1 is 0.931 bits per heavy atom. The fourth-order valence-electron chi connectivity index (χ4n) is 2.72. The van der Waals surface area contributed by atoms with Crippen LogP contribution in [-0.4, -0.2) is 30.1 Å². The van der Waals surface area contributed by atoms with Crippen LogP contribution in [0.1, 0.15) is 27.2 Å². The third-order valence-corrected chi connectivity index (χ3v) is 4.36. The standard InChI is InChI=1S/C22H24N4O3/c1-15-4-6-16(7-5-15)13-25-22-23-11-10-18(26-22)21(27)24-14-17-8-9-19(28-2)20(12-17)29-3/h4-12H,13-14H2,1-3H3,(H,24,27)(H,23,25,26). The summed E-state index contributed by atoms with van der Waals surface area (Å²) in [6, 6.07) is 15.3. The molecule has 0 saturated carbocycles. The van der Waals surface area contributed by atoms with E-state index in [4.69, 9.17) is 9.47 Å². The van der Waals surface area contributed by atoms with E-state index in [1.807, 2.05) is 31.2 Å². The van der Waals surface area contributed by atoms with Crippen molar-refractivity contribution in [3.8, 4) is 11.5 Å². The van der Waals surface area contributed by atoms with E-state index in [0.29, 0.717) is 36.2 Å². The summed E-state index contributed by atoms with van der Waals surface area (Å²) in [5.41, 5.74) is 3.51. The highest BCUT2D eigenvalue weighted by Gasteiger charge is 2.10. The minimum absolute atomic E-state index is 0.277. The van der Waals surface area contributed by atoms with E-state index in [1.165, 1.54) is 5.56 Å². The quantitative estimate of drug-likeness (QED) is 0.612. The van der Waals surface area contributed by atoms with Crippen molar-refractivity contribution in [1.82, 2.24) is 15.3 Å². The van der Waals surface area contributed by atoms with Gasteiger partial charge in [-0.2, -0.15) is 0 Å². The number of carbonyl (C=O) groups excluding carboxylic acids is 1. The van der Waals surface area contributed by atoms with Crippen molar-refractivity contribution in [3.05, 3.63) is 77.1 Å². The maximum absolute atomic E-state index is 12.5. The second kappa shape index (κ2) is 9.54. The molecule has 7 heteroatoms. The summed E-state index contributed by atoms with van der Waals surface area (Å²) in [6.07, 6.45) is 1.57. The van der Waals surface area contributed by atoms with Gasteiger partial charge in [-0.1, -0.05) is 35.9 Å². The van der Waals surface area contributed by atoms with Gasteiger partial charge in [0.15, 0.2) is 11.5 Å². The van der Waals surface area contributed by atoms with Crippen molar-refractivity contribution in [3.63, 3.8) is 0 Å². The lowest BCUT2D eigenvalue weighted by Crippen LogP contribution is -2.24. The largest absolute Gasteiger partial charge is 0.493 e. The number of aromatic nitrogens is 2.